The second kappa shape index (κ2) is 17.7. The Bertz CT molecular complexity index is 2650. The van der Waals surface area contributed by atoms with Crippen molar-refractivity contribution >= 4 is 76.7 Å². The molecule has 14 heteroatoms. The molecule has 0 bridgehead atoms. The zero-order valence-corrected chi connectivity index (χ0v) is 42.7. The zero-order valence-electron chi connectivity index (χ0n) is 41.1. The number of nitrogens with zero attached hydrogens (tertiary/aromatic N) is 2. The van der Waals surface area contributed by atoms with E-state index in [4.69, 9.17) is 37.4 Å². The average molecular weight is 977 g/mol. The van der Waals surface area contributed by atoms with Crippen LogP contribution in [-0.4, -0.2) is 54.7 Å². The Balaban J connectivity index is 0.000000132. The van der Waals surface area contributed by atoms with Crippen molar-refractivity contribution in [3.05, 3.63) is 150 Å². The summed E-state index contributed by atoms with van der Waals surface area (Å²) < 4.78 is 49.6. The van der Waals surface area contributed by atoms with Crippen LogP contribution in [0.4, 0.5) is 34.1 Å². The van der Waals surface area contributed by atoms with Gasteiger partial charge in [-0.1, -0.05) is 82.7 Å². The topological polar surface area (TPSA) is 80.3 Å². The third-order valence-electron chi connectivity index (χ3n) is 14.3. The van der Waals surface area contributed by atoms with Crippen LogP contribution < -0.4 is 24.7 Å². The van der Waals surface area contributed by atoms with Gasteiger partial charge in [0.2, 0.25) is 0 Å². The highest BCUT2D eigenvalue weighted by Crippen LogP contribution is 2.52. The largest absolute Gasteiger partial charge is 0.494 e. The number of fused-ring (bicyclic) bond motifs is 4. The Morgan fingerprint density at radius 3 is 1.01 bits per heavy atom. The summed E-state index contributed by atoms with van der Waals surface area (Å²) in [6.45, 7) is 24.5. The van der Waals surface area contributed by atoms with Crippen LogP contribution in [0.1, 0.15) is 83.1 Å². The van der Waals surface area contributed by atoms with Crippen LogP contribution in [0.2, 0.25) is 0 Å². The minimum Gasteiger partial charge on any atom is -0.453 e. The summed E-state index contributed by atoms with van der Waals surface area (Å²) in [6, 6.07) is 49.0. The molecule has 3 fully saturated rings. The van der Waals surface area contributed by atoms with Crippen LogP contribution in [0.15, 0.2) is 150 Å². The molecule has 6 aromatic carbocycles. The molecule has 5 aliphatic heterocycles. The number of ether oxygens (including phenoxy) is 2. The van der Waals surface area contributed by atoms with E-state index >= 15 is 0 Å². The molecule has 0 aromatic heterocycles. The van der Waals surface area contributed by atoms with Gasteiger partial charge in [-0.25, -0.2) is 0 Å². The summed E-state index contributed by atoms with van der Waals surface area (Å²) in [6.07, 6.45) is 0. The van der Waals surface area contributed by atoms with Crippen molar-refractivity contribution in [1.82, 2.24) is 0 Å². The van der Waals surface area contributed by atoms with E-state index in [0.717, 1.165) is 67.1 Å². The summed E-state index contributed by atoms with van der Waals surface area (Å²) in [5.41, 5.74) is 5.09. The molecule has 0 aliphatic carbocycles. The number of rotatable bonds is 4. The first kappa shape index (κ1) is 48.0. The lowest BCUT2D eigenvalue weighted by atomic mass is 9.49. The lowest BCUT2D eigenvalue weighted by molar-refractivity contribution is 0.00578. The van der Waals surface area contributed by atoms with E-state index in [1.807, 2.05) is 140 Å². The van der Waals surface area contributed by atoms with Gasteiger partial charge in [0.1, 0.15) is 0 Å². The fourth-order valence-corrected chi connectivity index (χ4v) is 8.76. The number of hydrogen-bond donors (Lipinski definition) is 0. The molecule has 0 amide bonds. The van der Waals surface area contributed by atoms with Crippen molar-refractivity contribution in [3.63, 3.8) is 0 Å². The maximum absolute atomic E-state index is 6.27. The molecule has 11 rings (SSSR count). The molecule has 10 nitrogen and oxygen atoms in total. The van der Waals surface area contributed by atoms with Crippen molar-refractivity contribution in [3.8, 4) is 23.0 Å². The van der Waals surface area contributed by atoms with Crippen molar-refractivity contribution in [2.45, 2.75) is 117 Å². The molecule has 0 atom stereocenters. The summed E-state index contributed by atoms with van der Waals surface area (Å²) in [7, 11) is -1.35. The van der Waals surface area contributed by atoms with E-state index in [-0.39, 0.29) is 33.6 Å². The van der Waals surface area contributed by atoms with Gasteiger partial charge in [0.15, 0.2) is 23.0 Å². The van der Waals surface area contributed by atoms with Crippen LogP contribution in [0.25, 0.3) is 0 Å². The SMILES string of the molecule is Brc1cccc(N2c3ccccc3Oc3ccccc32)c1.CC1(C)OB(B2OC(C)(C)C(C)(C)O2)OC1(C)C.CC1(C)OB(c2cccc(N3c4ccccc4Oc4ccccc43)c2)OC1(C)C. The summed E-state index contributed by atoms with van der Waals surface area (Å²) in [5.74, 6) is 3.42. The van der Waals surface area contributed by atoms with E-state index in [0.29, 0.717) is 0 Å². The van der Waals surface area contributed by atoms with Gasteiger partial charge in [-0.2, -0.15) is 0 Å². The highest BCUT2D eigenvalue weighted by atomic mass is 79.9. The maximum atomic E-state index is 6.27. The van der Waals surface area contributed by atoms with Crippen molar-refractivity contribution in [2.24, 2.45) is 0 Å². The molecule has 3 saturated heterocycles. The van der Waals surface area contributed by atoms with Gasteiger partial charge in [0.05, 0.1) is 56.4 Å². The quantitative estimate of drug-likeness (QED) is 0.159. The monoisotopic (exact) mass is 976 g/mol. The van der Waals surface area contributed by atoms with Gasteiger partial charge in [0.25, 0.3) is 0 Å². The van der Waals surface area contributed by atoms with Gasteiger partial charge >= 0.3 is 21.1 Å². The molecule has 68 heavy (non-hydrogen) atoms. The Morgan fingerprint density at radius 1 is 0.353 bits per heavy atom. The molecule has 0 N–H and O–H groups in total. The summed E-state index contributed by atoms with van der Waals surface area (Å²) >= 11 is 3.55. The number of anilines is 6. The minimum absolute atomic E-state index is 0.360. The Labute approximate surface area is 411 Å². The second-order valence-corrected chi connectivity index (χ2v) is 21.6. The Hall–Kier alpha value is -5.05. The van der Waals surface area contributed by atoms with Gasteiger partial charge in [-0.3, -0.25) is 0 Å². The standard InChI is InChI=1S/C24H24BNO3.C18H12BrNO.C12H24B2O4/c1-23(2)24(3,4)29-25(28-23)17-10-9-11-18(16-17)26-19-12-5-7-14-21(19)27-22-15-8-6-13-20(22)26;19-13-6-5-7-14(12-13)20-15-8-1-3-10-17(15)21-18-11-4-2-9-16(18)20;1-9(2)10(3,4)16-13(15-9)14-17-11(5,6)12(7,8)18-14/h5-16H,1-4H3;1-12H;1-8H3. The van der Waals surface area contributed by atoms with Crippen LogP contribution in [0.5, 0.6) is 23.0 Å². The lowest BCUT2D eigenvalue weighted by Crippen LogP contribution is -2.41. The third-order valence-corrected chi connectivity index (χ3v) is 14.8. The summed E-state index contributed by atoms with van der Waals surface area (Å²) in [5, 5.41) is 0. The number of benzene rings is 6. The molecule has 0 saturated carbocycles. The first-order chi connectivity index (χ1) is 32.1. The van der Waals surface area contributed by atoms with Crippen molar-refractivity contribution in [1.29, 1.82) is 0 Å². The maximum Gasteiger partial charge on any atom is 0.494 e. The van der Waals surface area contributed by atoms with Crippen LogP contribution in [-0.2, 0) is 27.9 Å². The number of halogens is 1. The number of hydrogen-bond acceptors (Lipinski definition) is 10. The Kier molecular flexibility index (Phi) is 12.5. The molecule has 0 radical (unpaired) electrons. The van der Waals surface area contributed by atoms with Gasteiger partial charge in [-0.15, -0.1) is 0 Å². The van der Waals surface area contributed by atoms with Gasteiger partial charge in [0, 0.05) is 15.8 Å². The Morgan fingerprint density at radius 2 is 0.662 bits per heavy atom. The van der Waals surface area contributed by atoms with Crippen LogP contribution >= 0.6 is 15.9 Å². The lowest BCUT2D eigenvalue weighted by Gasteiger charge is -2.33. The average Bonchev–Trinajstić information content (AvgIpc) is 3.77. The smallest absolute Gasteiger partial charge is 0.453 e. The predicted molar refractivity (Wildman–Crippen MR) is 278 cm³/mol. The molecule has 6 aromatic rings. The fraction of sp³-hybridized carbons (Fsp3) is 0.333. The molecule has 5 heterocycles. The number of para-hydroxylation sites is 8. The molecule has 5 aliphatic rings. The van der Waals surface area contributed by atoms with E-state index in [2.05, 4.69) is 114 Å². The highest BCUT2D eigenvalue weighted by molar-refractivity contribution is 9.10. The molecule has 0 spiro atoms. The van der Waals surface area contributed by atoms with Gasteiger partial charge < -0.3 is 47.2 Å². The first-order valence-corrected chi connectivity index (χ1v) is 24.1. The van der Waals surface area contributed by atoms with Crippen molar-refractivity contribution < 1.29 is 37.4 Å². The molecular formula is C54H60B3BrN2O8. The van der Waals surface area contributed by atoms with E-state index < -0.39 is 21.1 Å². The van der Waals surface area contributed by atoms with Gasteiger partial charge in [-0.05, 0) is 167 Å². The highest BCUT2D eigenvalue weighted by Gasteiger charge is 2.63. The van der Waals surface area contributed by atoms with Crippen LogP contribution in [0, 0.1) is 0 Å². The molecule has 0 unspecified atom stereocenters. The summed E-state index contributed by atoms with van der Waals surface area (Å²) in [4.78, 5) is 4.45. The van der Waals surface area contributed by atoms with E-state index in [1.165, 1.54) is 0 Å². The van der Waals surface area contributed by atoms with Crippen molar-refractivity contribution in [2.75, 3.05) is 9.80 Å². The minimum atomic E-state index is -0.476. The third kappa shape index (κ3) is 9.01. The molecule has 350 valence electrons. The first-order valence-electron chi connectivity index (χ1n) is 23.3. The van der Waals surface area contributed by atoms with E-state index in [9.17, 15) is 0 Å². The fourth-order valence-electron chi connectivity index (χ4n) is 8.37. The van der Waals surface area contributed by atoms with E-state index in [1.54, 1.807) is 0 Å². The predicted octanol–water partition coefficient (Wildman–Crippen LogP) is 13.8. The normalized spacial score (nSPS) is 20.3. The van der Waals surface area contributed by atoms with Crippen LogP contribution in [0.3, 0.4) is 0 Å². The zero-order chi connectivity index (χ0) is 48.4. The molecular weight excluding hydrogens is 917 g/mol. The second-order valence-electron chi connectivity index (χ2n) is 20.7.